The van der Waals surface area contributed by atoms with Gasteiger partial charge in [0, 0.05) is 0 Å². The van der Waals surface area contributed by atoms with Gasteiger partial charge < -0.3 is 0 Å². The second-order valence-electron chi connectivity index (χ2n) is 5.34. The van der Waals surface area contributed by atoms with Gasteiger partial charge in [0.1, 0.15) is 0 Å². The molecular formula is C12H24N4O8S4Sn. The predicted octanol–water partition coefficient (Wildman–Crippen LogP) is -3.38. The Morgan fingerprint density at radius 3 is 0.862 bits per heavy atom. The van der Waals surface area contributed by atoms with Crippen LogP contribution in [-0.2, 0) is 31.5 Å². The van der Waals surface area contributed by atoms with Gasteiger partial charge >= 0.3 is 196 Å². The van der Waals surface area contributed by atoms with Gasteiger partial charge in [0.15, 0.2) is 0 Å². The van der Waals surface area contributed by atoms with Gasteiger partial charge in [0.2, 0.25) is 0 Å². The van der Waals surface area contributed by atoms with E-state index in [1.54, 1.807) is 0 Å². The molecule has 0 aliphatic heterocycles. The first-order chi connectivity index (χ1) is 13.5. The molecule has 0 radical (unpaired) electrons. The molecule has 0 rings (SSSR count). The quantitative estimate of drug-likeness (QED) is 0.0817. The molecule has 0 aliphatic rings. The molecule has 0 aliphatic carbocycles. The van der Waals surface area contributed by atoms with Gasteiger partial charge in [-0.05, 0) is 0 Å². The molecule has 0 aromatic heterocycles. The molecule has 4 atom stereocenters. The van der Waals surface area contributed by atoms with Crippen molar-refractivity contribution >= 4 is 94.4 Å². The van der Waals surface area contributed by atoms with Crippen molar-refractivity contribution in [2.45, 2.75) is 24.2 Å². The van der Waals surface area contributed by atoms with Crippen molar-refractivity contribution in [2.24, 2.45) is 22.9 Å². The molecule has 29 heavy (non-hydrogen) atoms. The van der Waals surface area contributed by atoms with Gasteiger partial charge in [-0.25, -0.2) is 0 Å². The molecule has 0 heterocycles. The number of thiol groups is 4. The van der Waals surface area contributed by atoms with Gasteiger partial charge in [0.25, 0.3) is 0 Å². The standard InChI is InChI=1S/4C3H7NO2S.Sn/c4*4-2(1-7)3(5)6;/h4*2,7H,1,4H2,(H,5,6);/q;;;;+4/p-4/t4*2-;/m1100./s1. The molecule has 0 aromatic rings. The third kappa shape index (κ3) is 9.72. The first kappa shape index (κ1) is 28.9. The van der Waals surface area contributed by atoms with Crippen molar-refractivity contribution in [1.29, 1.82) is 0 Å². The first-order valence-corrected chi connectivity index (χ1v) is 15.0. The van der Waals surface area contributed by atoms with Crippen LogP contribution in [-0.4, -0.2) is 91.1 Å². The van der Waals surface area contributed by atoms with Crippen LogP contribution in [0.25, 0.3) is 0 Å². The third-order valence-electron chi connectivity index (χ3n) is 2.90. The van der Waals surface area contributed by atoms with E-state index in [-0.39, 0.29) is 23.0 Å². The Hall–Kier alpha value is -0.0813. The minimum atomic E-state index is -6.18. The van der Waals surface area contributed by atoms with Crippen molar-refractivity contribution in [3.8, 4) is 0 Å². The molecule has 0 amide bonds. The molecule has 0 spiro atoms. The van der Waals surface area contributed by atoms with Crippen LogP contribution < -0.4 is 22.9 Å². The monoisotopic (exact) mass is 600 g/mol. The Labute approximate surface area is 195 Å². The second kappa shape index (κ2) is 14.1. The second-order valence-corrected chi connectivity index (χ2v) is 12.0. The topological polar surface area (TPSA) is 209 Å². The van der Waals surface area contributed by atoms with Crippen LogP contribution in [0.4, 0.5) is 0 Å². The van der Waals surface area contributed by atoms with Gasteiger partial charge in [0.05, 0.1) is 0 Å². The molecule has 0 aromatic carbocycles. The fourth-order valence-electron chi connectivity index (χ4n) is 1.22. The molecular weight excluding hydrogens is 575 g/mol. The zero-order chi connectivity index (χ0) is 22.8. The fraction of sp³-hybridized carbons (Fsp3) is 0.667. The Morgan fingerprint density at radius 1 is 0.552 bits per heavy atom. The number of rotatable bonds is 12. The van der Waals surface area contributed by atoms with Gasteiger partial charge in [-0.3, -0.25) is 0 Å². The molecule has 0 saturated carbocycles. The number of carbonyl (C=O) groups is 4. The molecule has 17 heteroatoms. The average molecular weight is 599 g/mol. The van der Waals surface area contributed by atoms with Crippen molar-refractivity contribution in [2.75, 3.05) is 23.0 Å². The summed E-state index contributed by atoms with van der Waals surface area (Å²) in [5.41, 5.74) is 22.1. The van der Waals surface area contributed by atoms with E-state index in [0.717, 1.165) is 0 Å². The van der Waals surface area contributed by atoms with Gasteiger partial charge in [-0.1, -0.05) is 0 Å². The van der Waals surface area contributed by atoms with E-state index in [2.05, 4.69) is 50.5 Å². The van der Waals surface area contributed by atoms with Crippen molar-refractivity contribution in [3.05, 3.63) is 0 Å². The maximum absolute atomic E-state index is 12.2. The average Bonchev–Trinajstić information content (AvgIpc) is 2.70. The fourth-order valence-corrected chi connectivity index (χ4v) is 7.07. The van der Waals surface area contributed by atoms with Crippen LogP contribution in [0.2, 0.25) is 0 Å². The Bertz CT molecular complexity index is 503. The van der Waals surface area contributed by atoms with Crippen LogP contribution in [0.1, 0.15) is 0 Å². The summed E-state index contributed by atoms with van der Waals surface area (Å²) in [7, 11) is 0. The molecule has 0 fully saturated rings. The summed E-state index contributed by atoms with van der Waals surface area (Å²) in [5.74, 6) is -5.55. The predicted molar refractivity (Wildman–Crippen MR) is 117 cm³/mol. The molecule has 12 nitrogen and oxygen atoms in total. The van der Waals surface area contributed by atoms with Crippen molar-refractivity contribution in [1.82, 2.24) is 0 Å². The van der Waals surface area contributed by atoms with E-state index in [1.807, 2.05) is 0 Å². The third-order valence-corrected chi connectivity index (χ3v) is 9.62. The Balaban J connectivity index is 6.11. The van der Waals surface area contributed by atoms with Crippen LogP contribution in [0.15, 0.2) is 0 Å². The Morgan fingerprint density at radius 2 is 0.724 bits per heavy atom. The summed E-state index contributed by atoms with van der Waals surface area (Å²) in [6, 6.07) is -5.27. The molecule has 168 valence electrons. The van der Waals surface area contributed by atoms with Gasteiger partial charge in [-0.15, -0.1) is 0 Å². The number of nitrogens with two attached hydrogens (primary N) is 4. The zero-order valence-electron chi connectivity index (χ0n) is 15.0. The SMILES string of the molecule is N[C@H](CS)C(=O)[O][Sn]([O]C(=O)[C@H](N)CS)([O]C(=O)[C@@H](N)CS)[O]C(=O)[C@@H](N)CS. The summed E-state index contributed by atoms with van der Waals surface area (Å²) in [6.45, 7) is 0. The van der Waals surface area contributed by atoms with Crippen LogP contribution in [0.3, 0.4) is 0 Å². The zero-order valence-corrected chi connectivity index (χ0v) is 21.4. The molecule has 8 N–H and O–H groups in total. The molecule has 0 saturated heterocycles. The summed E-state index contributed by atoms with van der Waals surface area (Å²) in [4.78, 5) is 48.8. The number of carbonyl (C=O) groups excluding carboxylic acids is 4. The van der Waals surface area contributed by atoms with E-state index in [0.29, 0.717) is 0 Å². The van der Waals surface area contributed by atoms with Crippen molar-refractivity contribution < 1.29 is 31.5 Å². The van der Waals surface area contributed by atoms with Crippen LogP contribution in [0.5, 0.6) is 0 Å². The van der Waals surface area contributed by atoms with Crippen LogP contribution >= 0.6 is 50.5 Å². The minimum absolute atomic E-state index is 0.181. The summed E-state index contributed by atoms with van der Waals surface area (Å²) in [5, 5.41) is 0. The molecule has 0 unspecified atom stereocenters. The first-order valence-electron chi connectivity index (χ1n) is 7.84. The normalized spacial score (nSPS) is 15.4. The van der Waals surface area contributed by atoms with E-state index in [9.17, 15) is 19.2 Å². The summed E-state index contributed by atoms with van der Waals surface area (Å²) < 4.78 is 20.1. The van der Waals surface area contributed by atoms with Crippen molar-refractivity contribution in [3.63, 3.8) is 0 Å². The number of hydrogen-bond acceptors (Lipinski definition) is 16. The number of hydrogen-bond donors (Lipinski definition) is 8. The maximum atomic E-state index is 12.2. The molecule has 0 bridgehead atoms. The van der Waals surface area contributed by atoms with E-state index in [4.69, 9.17) is 35.2 Å². The van der Waals surface area contributed by atoms with E-state index in [1.165, 1.54) is 0 Å². The van der Waals surface area contributed by atoms with E-state index < -0.39 is 68.1 Å². The van der Waals surface area contributed by atoms with E-state index >= 15 is 0 Å². The van der Waals surface area contributed by atoms with Crippen LogP contribution in [0, 0.1) is 0 Å². The Kier molecular flexibility index (Phi) is 14.0. The summed E-state index contributed by atoms with van der Waals surface area (Å²) >= 11 is 9.19. The van der Waals surface area contributed by atoms with Gasteiger partial charge in [-0.2, -0.15) is 0 Å². The summed E-state index contributed by atoms with van der Waals surface area (Å²) in [6.07, 6.45) is 0.